The van der Waals surface area contributed by atoms with Crippen LogP contribution in [0.3, 0.4) is 0 Å². The molecule has 0 unspecified atom stereocenters. The van der Waals surface area contributed by atoms with E-state index in [0.29, 0.717) is 35.2 Å². The van der Waals surface area contributed by atoms with E-state index in [2.05, 4.69) is 0 Å². The molecule has 1 saturated carbocycles. The summed E-state index contributed by atoms with van der Waals surface area (Å²) in [6.45, 7) is 2.64. The monoisotopic (exact) mass is 281 g/mol. The first kappa shape index (κ1) is 13.9. The Bertz CT molecular complexity index is 486. The number of nitrogens with zero attached hydrogens (tertiary/aromatic N) is 1. The molecule has 1 fully saturated rings. The van der Waals surface area contributed by atoms with Gasteiger partial charge in [0.1, 0.15) is 12.0 Å². The third kappa shape index (κ3) is 3.47. The maximum absolute atomic E-state index is 12.0. The number of hydrogen-bond acceptors (Lipinski definition) is 3. The second-order valence-corrected chi connectivity index (χ2v) is 4.91. The molecule has 19 heavy (non-hydrogen) atoms. The SMILES string of the molecule is CCN(C(=O)COc1ccc(C=O)cc1Cl)C1CC1. The number of aldehydes is 1. The van der Waals surface area contributed by atoms with Crippen molar-refractivity contribution in [2.75, 3.05) is 13.2 Å². The number of halogens is 1. The molecular weight excluding hydrogens is 266 g/mol. The molecule has 102 valence electrons. The van der Waals surface area contributed by atoms with Gasteiger partial charge in [0.25, 0.3) is 5.91 Å². The average molecular weight is 282 g/mol. The van der Waals surface area contributed by atoms with Crippen LogP contribution in [0.4, 0.5) is 0 Å². The number of carbonyl (C=O) groups is 2. The van der Waals surface area contributed by atoms with Crippen molar-refractivity contribution in [3.63, 3.8) is 0 Å². The lowest BCUT2D eigenvalue weighted by atomic mass is 10.2. The number of benzene rings is 1. The van der Waals surface area contributed by atoms with E-state index in [1.165, 1.54) is 6.07 Å². The summed E-state index contributed by atoms with van der Waals surface area (Å²) >= 11 is 5.97. The van der Waals surface area contributed by atoms with Crippen LogP contribution in [0.5, 0.6) is 5.75 Å². The lowest BCUT2D eigenvalue weighted by Crippen LogP contribution is -2.36. The van der Waals surface area contributed by atoms with Crippen molar-refractivity contribution in [2.45, 2.75) is 25.8 Å². The number of likely N-dealkylation sites (N-methyl/N-ethyl adjacent to an activating group) is 1. The van der Waals surface area contributed by atoms with Crippen LogP contribution < -0.4 is 4.74 Å². The number of hydrogen-bond donors (Lipinski definition) is 0. The fourth-order valence-corrected chi connectivity index (χ4v) is 2.20. The standard InChI is InChI=1S/C14H16ClNO3/c1-2-16(11-4-5-11)14(18)9-19-13-6-3-10(8-17)7-12(13)15/h3,6-8,11H,2,4-5,9H2,1H3. The molecule has 0 heterocycles. The Morgan fingerprint density at radius 3 is 2.79 bits per heavy atom. The minimum atomic E-state index is -0.0273. The molecule has 0 spiro atoms. The molecule has 0 N–H and O–H groups in total. The Hall–Kier alpha value is -1.55. The van der Waals surface area contributed by atoms with Crippen LogP contribution in [0.1, 0.15) is 30.1 Å². The zero-order chi connectivity index (χ0) is 13.8. The van der Waals surface area contributed by atoms with Gasteiger partial charge < -0.3 is 9.64 Å². The molecule has 0 saturated heterocycles. The summed E-state index contributed by atoms with van der Waals surface area (Å²) < 4.78 is 5.42. The highest BCUT2D eigenvalue weighted by molar-refractivity contribution is 6.32. The van der Waals surface area contributed by atoms with Crippen molar-refractivity contribution in [3.8, 4) is 5.75 Å². The van der Waals surface area contributed by atoms with E-state index in [0.717, 1.165) is 12.8 Å². The molecule has 1 aliphatic rings. The number of amides is 1. The largest absolute Gasteiger partial charge is 0.482 e. The molecule has 4 nitrogen and oxygen atoms in total. The Labute approximate surface area is 117 Å². The van der Waals surface area contributed by atoms with E-state index in [-0.39, 0.29) is 12.5 Å². The number of rotatable bonds is 6. The summed E-state index contributed by atoms with van der Waals surface area (Å²) in [5, 5.41) is 0.340. The van der Waals surface area contributed by atoms with Crippen LogP contribution in [-0.2, 0) is 4.79 Å². The minimum absolute atomic E-state index is 0.0233. The second-order valence-electron chi connectivity index (χ2n) is 4.51. The lowest BCUT2D eigenvalue weighted by molar-refractivity contribution is -0.133. The Morgan fingerprint density at radius 1 is 1.53 bits per heavy atom. The third-order valence-corrected chi connectivity index (χ3v) is 3.39. The topological polar surface area (TPSA) is 46.6 Å². The van der Waals surface area contributed by atoms with Crippen molar-refractivity contribution in [1.29, 1.82) is 0 Å². The summed E-state index contributed by atoms with van der Waals surface area (Å²) in [6, 6.07) is 5.12. The fraction of sp³-hybridized carbons (Fsp3) is 0.429. The maximum Gasteiger partial charge on any atom is 0.260 e. The zero-order valence-corrected chi connectivity index (χ0v) is 11.5. The lowest BCUT2D eigenvalue weighted by Gasteiger charge is -2.20. The van der Waals surface area contributed by atoms with E-state index in [1.807, 2.05) is 11.8 Å². The van der Waals surface area contributed by atoms with Crippen LogP contribution in [0.2, 0.25) is 5.02 Å². The van der Waals surface area contributed by atoms with Crippen molar-refractivity contribution in [2.24, 2.45) is 0 Å². The van der Waals surface area contributed by atoms with Gasteiger partial charge in [0.15, 0.2) is 6.61 Å². The van der Waals surface area contributed by atoms with Gasteiger partial charge in [0, 0.05) is 18.2 Å². The van der Waals surface area contributed by atoms with Gasteiger partial charge in [-0.2, -0.15) is 0 Å². The third-order valence-electron chi connectivity index (χ3n) is 3.09. The number of carbonyl (C=O) groups excluding carboxylic acids is 2. The molecule has 2 rings (SSSR count). The highest BCUT2D eigenvalue weighted by atomic mass is 35.5. The van der Waals surface area contributed by atoms with Gasteiger partial charge in [-0.1, -0.05) is 11.6 Å². The first-order valence-corrected chi connectivity index (χ1v) is 6.70. The van der Waals surface area contributed by atoms with Gasteiger partial charge in [-0.15, -0.1) is 0 Å². The van der Waals surface area contributed by atoms with Crippen LogP contribution in [0.15, 0.2) is 18.2 Å². The Morgan fingerprint density at radius 2 is 2.26 bits per heavy atom. The normalized spacial score (nSPS) is 14.0. The molecular formula is C14H16ClNO3. The second kappa shape index (κ2) is 6.06. The van der Waals surface area contributed by atoms with Crippen LogP contribution in [-0.4, -0.2) is 36.3 Å². The molecule has 1 aliphatic carbocycles. The van der Waals surface area contributed by atoms with Gasteiger partial charge in [0.2, 0.25) is 0 Å². The Kier molecular flexibility index (Phi) is 4.43. The smallest absolute Gasteiger partial charge is 0.260 e. The summed E-state index contributed by atoms with van der Waals surface area (Å²) in [5.74, 6) is 0.396. The van der Waals surface area contributed by atoms with E-state index in [4.69, 9.17) is 16.3 Å². The highest BCUT2D eigenvalue weighted by Gasteiger charge is 2.31. The van der Waals surface area contributed by atoms with Gasteiger partial charge in [-0.05, 0) is 38.0 Å². The van der Waals surface area contributed by atoms with Gasteiger partial charge in [0.05, 0.1) is 5.02 Å². The molecule has 1 aromatic rings. The molecule has 0 radical (unpaired) electrons. The molecule has 1 aromatic carbocycles. The van der Waals surface area contributed by atoms with E-state index >= 15 is 0 Å². The van der Waals surface area contributed by atoms with Crippen LogP contribution >= 0.6 is 11.6 Å². The van der Waals surface area contributed by atoms with Crippen molar-refractivity contribution < 1.29 is 14.3 Å². The molecule has 0 aliphatic heterocycles. The van der Waals surface area contributed by atoms with Crippen LogP contribution in [0.25, 0.3) is 0 Å². The molecule has 0 atom stereocenters. The first-order valence-electron chi connectivity index (χ1n) is 6.32. The quantitative estimate of drug-likeness (QED) is 0.753. The summed E-state index contributed by atoms with van der Waals surface area (Å²) in [6.07, 6.45) is 2.87. The van der Waals surface area contributed by atoms with Crippen molar-refractivity contribution in [1.82, 2.24) is 4.90 Å². The molecule has 0 aromatic heterocycles. The predicted octanol–water partition coefficient (Wildman–Crippen LogP) is 2.54. The van der Waals surface area contributed by atoms with Crippen molar-refractivity contribution >= 4 is 23.8 Å². The van der Waals surface area contributed by atoms with Gasteiger partial charge in [-0.3, -0.25) is 9.59 Å². The summed E-state index contributed by atoms with van der Waals surface area (Å²) in [5.41, 5.74) is 0.483. The maximum atomic E-state index is 12.0. The zero-order valence-electron chi connectivity index (χ0n) is 10.8. The first-order chi connectivity index (χ1) is 9.15. The Balaban J connectivity index is 1.94. The summed E-state index contributed by atoms with van der Waals surface area (Å²) in [7, 11) is 0. The van der Waals surface area contributed by atoms with E-state index < -0.39 is 0 Å². The molecule has 0 bridgehead atoms. The van der Waals surface area contributed by atoms with E-state index in [1.54, 1.807) is 12.1 Å². The highest BCUT2D eigenvalue weighted by Crippen LogP contribution is 2.28. The molecule has 1 amide bonds. The predicted molar refractivity (Wildman–Crippen MR) is 72.7 cm³/mol. The molecule has 5 heteroatoms. The summed E-state index contributed by atoms with van der Waals surface area (Å²) in [4.78, 5) is 24.4. The fourth-order valence-electron chi connectivity index (χ4n) is 1.95. The minimum Gasteiger partial charge on any atom is -0.482 e. The van der Waals surface area contributed by atoms with Gasteiger partial charge in [-0.25, -0.2) is 0 Å². The average Bonchev–Trinajstić information content (AvgIpc) is 3.22. The van der Waals surface area contributed by atoms with E-state index in [9.17, 15) is 9.59 Å². The van der Waals surface area contributed by atoms with Crippen molar-refractivity contribution in [3.05, 3.63) is 28.8 Å². The number of ether oxygens (including phenoxy) is 1. The van der Waals surface area contributed by atoms with Gasteiger partial charge >= 0.3 is 0 Å². The van der Waals surface area contributed by atoms with Crippen LogP contribution in [0, 0.1) is 0 Å².